The summed E-state index contributed by atoms with van der Waals surface area (Å²) in [5.41, 5.74) is 3.23. The normalized spacial score (nSPS) is 33.6. The zero-order valence-electron chi connectivity index (χ0n) is 10.8. The third-order valence-corrected chi connectivity index (χ3v) is 3.26. The van der Waals surface area contributed by atoms with Gasteiger partial charge in [-0.25, -0.2) is 0 Å². The lowest BCUT2D eigenvalue weighted by atomic mass is 9.90. The highest BCUT2D eigenvalue weighted by atomic mass is 16.6. The first-order chi connectivity index (χ1) is 7.00. The lowest BCUT2D eigenvalue weighted by molar-refractivity contribution is -0.0344. The molecule has 0 radical (unpaired) electrons. The zero-order valence-corrected chi connectivity index (χ0v) is 10.8. The maximum atomic E-state index is 5.52. The molecule has 1 heterocycles. The number of hydrogen-bond donors (Lipinski definition) is 1. The molecule has 0 aliphatic carbocycles. The van der Waals surface area contributed by atoms with Gasteiger partial charge in [-0.3, -0.25) is 0 Å². The lowest BCUT2D eigenvalue weighted by Gasteiger charge is -2.39. The molecule has 3 nitrogen and oxygen atoms in total. The Kier molecular flexibility index (Phi) is 5.03. The number of piperidine rings is 1. The topological polar surface area (TPSA) is 24.5 Å². The van der Waals surface area contributed by atoms with Crippen LogP contribution in [0.4, 0.5) is 0 Å². The highest BCUT2D eigenvalue weighted by Crippen LogP contribution is 2.20. The summed E-state index contributed by atoms with van der Waals surface area (Å²) < 4.78 is 0. The number of nitrogens with one attached hydrogen (secondary N) is 1. The van der Waals surface area contributed by atoms with Crippen LogP contribution < -0.4 is 5.48 Å². The lowest BCUT2D eigenvalue weighted by Crippen LogP contribution is -2.50. The fourth-order valence-corrected chi connectivity index (χ4v) is 2.03. The van der Waals surface area contributed by atoms with Crippen LogP contribution in [-0.2, 0) is 4.84 Å². The molecular formula is C12H26N2O. The quantitative estimate of drug-likeness (QED) is 0.723. The number of nitrogens with zero attached hydrogens (tertiary/aromatic N) is 1. The third kappa shape index (κ3) is 4.09. The van der Waals surface area contributed by atoms with Crippen LogP contribution in [0, 0.1) is 11.8 Å². The van der Waals surface area contributed by atoms with Gasteiger partial charge in [-0.15, -0.1) is 0 Å². The summed E-state index contributed by atoms with van der Waals surface area (Å²) in [4.78, 5) is 7.94. The van der Waals surface area contributed by atoms with Crippen LogP contribution in [0.5, 0.6) is 0 Å². The van der Waals surface area contributed by atoms with Crippen molar-refractivity contribution in [3.05, 3.63) is 0 Å². The van der Waals surface area contributed by atoms with E-state index in [9.17, 15) is 0 Å². The van der Waals surface area contributed by atoms with E-state index in [1.165, 1.54) is 6.42 Å². The molecule has 0 saturated carbocycles. The summed E-state index contributed by atoms with van der Waals surface area (Å²) in [5, 5.41) is 0. The largest absolute Gasteiger partial charge is 0.303 e. The van der Waals surface area contributed by atoms with E-state index >= 15 is 0 Å². The molecular weight excluding hydrogens is 188 g/mol. The van der Waals surface area contributed by atoms with Gasteiger partial charge in [-0.1, -0.05) is 20.8 Å². The SMILES string of the molecule is CC(C)CONC1CC(C)N(C)CC1C. The van der Waals surface area contributed by atoms with Gasteiger partial charge in [0.2, 0.25) is 0 Å². The second-order valence-electron chi connectivity index (χ2n) is 5.43. The maximum Gasteiger partial charge on any atom is 0.0705 e. The third-order valence-electron chi connectivity index (χ3n) is 3.26. The maximum absolute atomic E-state index is 5.52. The molecule has 0 aromatic rings. The van der Waals surface area contributed by atoms with Gasteiger partial charge in [0.15, 0.2) is 0 Å². The molecule has 3 unspecified atom stereocenters. The summed E-state index contributed by atoms with van der Waals surface area (Å²) in [7, 11) is 2.20. The average molecular weight is 214 g/mol. The fourth-order valence-electron chi connectivity index (χ4n) is 2.03. The van der Waals surface area contributed by atoms with Crippen molar-refractivity contribution < 1.29 is 4.84 Å². The molecule has 1 rings (SSSR count). The smallest absolute Gasteiger partial charge is 0.0705 e. The molecule has 0 spiro atoms. The Morgan fingerprint density at radius 2 is 2.07 bits per heavy atom. The van der Waals surface area contributed by atoms with Crippen molar-refractivity contribution in [1.82, 2.24) is 10.4 Å². The van der Waals surface area contributed by atoms with Crippen LogP contribution >= 0.6 is 0 Å². The van der Waals surface area contributed by atoms with Gasteiger partial charge >= 0.3 is 0 Å². The Hall–Kier alpha value is -0.120. The van der Waals surface area contributed by atoms with E-state index in [2.05, 4.69) is 45.1 Å². The van der Waals surface area contributed by atoms with E-state index in [0.717, 1.165) is 13.2 Å². The van der Waals surface area contributed by atoms with Crippen LogP contribution in [-0.4, -0.2) is 37.2 Å². The summed E-state index contributed by atoms with van der Waals surface area (Å²) in [5.74, 6) is 1.26. The summed E-state index contributed by atoms with van der Waals surface area (Å²) in [6.07, 6.45) is 1.18. The predicted molar refractivity (Wildman–Crippen MR) is 63.6 cm³/mol. The molecule has 1 aliphatic heterocycles. The molecule has 15 heavy (non-hydrogen) atoms. The van der Waals surface area contributed by atoms with Gasteiger partial charge in [-0.05, 0) is 32.2 Å². The van der Waals surface area contributed by atoms with Crippen molar-refractivity contribution in [3.63, 3.8) is 0 Å². The van der Waals surface area contributed by atoms with E-state index in [-0.39, 0.29) is 0 Å². The van der Waals surface area contributed by atoms with Gasteiger partial charge in [0.05, 0.1) is 6.61 Å². The minimum Gasteiger partial charge on any atom is -0.303 e. The Morgan fingerprint density at radius 1 is 1.40 bits per heavy atom. The van der Waals surface area contributed by atoms with Gasteiger partial charge < -0.3 is 9.74 Å². The second kappa shape index (κ2) is 5.83. The van der Waals surface area contributed by atoms with Crippen molar-refractivity contribution >= 4 is 0 Å². The van der Waals surface area contributed by atoms with Crippen molar-refractivity contribution in [3.8, 4) is 0 Å². The molecule has 1 N–H and O–H groups in total. The zero-order chi connectivity index (χ0) is 11.4. The summed E-state index contributed by atoms with van der Waals surface area (Å²) in [6, 6.07) is 1.16. The number of likely N-dealkylation sites (tertiary alicyclic amines) is 1. The summed E-state index contributed by atoms with van der Waals surface area (Å²) in [6.45, 7) is 10.9. The molecule has 0 amide bonds. The van der Waals surface area contributed by atoms with E-state index < -0.39 is 0 Å². The van der Waals surface area contributed by atoms with Gasteiger partial charge in [0.25, 0.3) is 0 Å². The minimum absolute atomic E-state index is 0.509. The van der Waals surface area contributed by atoms with Gasteiger partial charge in [0, 0.05) is 18.6 Å². The average Bonchev–Trinajstić information content (AvgIpc) is 2.13. The standard InChI is InChI=1S/C12H26N2O/c1-9(2)8-15-13-12-6-11(4)14(5)7-10(12)3/h9-13H,6-8H2,1-5H3. The summed E-state index contributed by atoms with van der Waals surface area (Å²) >= 11 is 0. The van der Waals surface area contributed by atoms with Crippen LogP contribution in [0.2, 0.25) is 0 Å². The molecule has 1 saturated heterocycles. The van der Waals surface area contributed by atoms with Crippen LogP contribution in [0.25, 0.3) is 0 Å². The monoisotopic (exact) mass is 214 g/mol. The predicted octanol–water partition coefficient (Wildman–Crippen LogP) is 1.89. The van der Waals surface area contributed by atoms with E-state index in [1.54, 1.807) is 0 Å². The fraction of sp³-hybridized carbons (Fsp3) is 1.00. The Labute approximate surface area is 94.1 Å². The first kappa shape index (κ1) is 12.9. The molecule has 3 atom stereocenters. The molecule has 0 bridgehead atoms. The Morgan fingerprint density at radius 3 is 2.67 bits per heavy atom. The Balaban J connectivity index is 2.28. The molecule has 3 heteroatoms. The highest BCUT2D eigenvalue weighted by molar-refractivity contribution is 4.84. The van der Waals surface area contributed by atoms with Crippen molar-refractivity contribution in [2.24, 2.45) is 11.8 Å². The van der Waals surface area contributed by atoms with Crippen molar-refractivity contribution in [1.29, 1.82) is 0 Å². The Bertz CT molecular complexity index is 184. The minimum atomic E-state index is 0.509. The van der Waals surface area contributed by atoms with Gasteiger partial charge in [-0.2, -0.15) is 5.48 Å². The van der Waals surface area contributed by atoms with E-state index in [0.29, 0.717) is 23.9 Å². The highest BCUT2D eigenvalue weighted by Gasteiger charge is 2.28. The second-order valence-corrected chi connectivity index (χ2v) is 5.43. The molecule has 1 fully saturated rings. The number of hydroxylamine groups is 1. The first-order valence-corrected chi connectivity index (χ1v) is 6.08. The number of hydrogen-bond acceptors (Lipinski definition) is 3. The van der Waals surface area contributed by atoms with Crippen molar-refractivity contribution in [2.45, 2.75) is 46.2 Å². The van der Waals surface area contributed by atoms with E-state index in [1.807, 2.05) is 0 Å². The molecule has 1 aliphatic rings. The first-order valence-electron chi connectivity index (χ1n) is 6.08. The van der Waals surface area contributed by atoms with Crippen LogP contribution in [0.15, 0.2) is 0 Å². The van der Waals surface area contributed by atoms with Crippen molar-refractivity contribution in [2.75, 3.05) is 20.2 Å². The van der Waals surface area contributed by atoms with Crippen LogP contribution in [0.3, 0.4) is 0 Å². The van der Waals surface area contributed by atoms with Gasteiger partial charge in [0.1, 0.15) is 0 Å². The molecule has 0 aromatic heterocycles. The van der Waals surface area contributed by atoms with E-state index in [4.69, 9.17) is 4.84 Å². The van der Waals surface area contributed by atoms with Crippen LogP contribution in [0.1, 0.15) is 34.1 Å². The molecule has 0 aromatic carbocycles. The molecule has 90 valence electrons. The number of rotatable bonds is 4.